The highest BCUT2D eigenvalue weighted by atomic mass is 15.3. The third kappa shape index (κ3) is 6.22. The summed E-state index contributed by atoms with van der Waals surface area (Å²) in [4.78, 5) is 8.66. The molecule has 0 aromatic carbocycles. The molecule has 0 atom stereocenters. The first-order valence-corrected chi connectivity index (χ1v) is 6.98. The minimum atomic E-state index is 0.538. The van der Waals surface area contributed by atoms with Crippen LogP contribution < -0.4 is 10.6 Å². The third-order valence-corrected chi connectivity index (χ3v) is 2.78. The van der Waals surface area contributed by atoms with Crippen LogP contribution in [0.15, 0.2) is 11.3 Å². The quantitative estimate of drug-likeness (QED) is 0.443. The molecule has 1 aromatic rings. The first-order chi connectivity index (χ1) is 9.13. The number of aromatic nitrogens is 3. The lowest BCUT2D eigenvalue weighted by atomic mass is 10.1. The molecule has 1 rings (SSSR count). The van der Waals surface area contributed by atoms with Crippen molar-refractivity contribution >= 4 is 5.96 Å². The predicted octanol–water partition coefficient (Wildman–Crippen LogP) is 1.31. The largest absolute Gasteiger partial charge is 0.357 e. The number of hydrogen-bond donors (Lipinski definition) is 2. The predicted molar refractivity (Wildman–Crippen MR) is 77.9 cm³/mol. The van der Waals surface area contributed by atoms with E-state index in [1.165, 1.54) is 6.42 Å². The van der Waals surface area contributed by atoms with Gasteiger partial charge in [0.15, 0.2) is 5.96 Å². The zero-order chi connectivity index (χ0) is 14.1. The van der Waals surface area contributed by atoms with Gasteiger partial charge in [-0.3, -0.25) is 4.68 Å². The number of hydrogen-bond acceptors (Lipinski definition) is 3. The van der Waals surface area contributed by atoms with Crippen LogP contribution in [0.5, 0.6) is 0 Å². The van der Waals surface area contributed by atoms with Crippen molar-refractivity contribution in [1.82, 2.24) is 25.4 Å². The second-order valence-electron chi connectivity index (χ2n) is 4.96. The summed E-state index contributed by atoms with van der Waals surface area (Å²) >= 11 is 0. The Kier molecular flexibility index (Phi) is 6.92. The van der Waals surface area contributed by atoms with Crippen molar-refractivity contribution in [2.45, 2.75) is 40.2 Å². The maximum absolute atomic E-state index is 4.50. The van der Waals surface area contributed by atoms with Crippen LogP contribution in [0.25, 0.3) is 0 Å². The van der Waals surface area contributed by atoms with Gasteiger partial charge in [0, 0.05) is 20.1 Å². The Balaban J connectivity index is 2.40. The fourth-order valence-electron chi connectivity index (χ4n) is 1.67. The van der Waals surface area contributed by atoms with E-state index < -0.39 is 0 Å². The molecule has 6 nitrogen and oxygen atoms in total. The number of aryl methyl sites for hydroxylation is 1. The molecule has 0 amide bonds. The average molecular weight is 266 g/mol. The molecule has 6 heteroatoms. The fourth-order valence-corrected chi connectivity index (χ4v) is 1.67. The van der Waals surface area contributed by atoms with Crippen LogP contribution in [0, 0.1) is 5.92 Å². The summed E-state index contributed by atoms with van der Waals surface area (Å²) < 4.78 is 1.74. The van der Waals surface area contributed by atoms with E-state index in [4.69, 9.17) is 0 Å². The Labute approximate surface area is 115 Å². The summed E-state index contributed by atoms with van der Waals surface area (Å²) in [6.07, 6.45) is 3.94. The van der Waals surface area contributed by atoms with Gasteiger partial charge in [-0.1, -0.05) is 13.8 Å². The summed E-state index contributed by atoms with van der Waals surface area (Å²) in [5.74, 6) is 2.45. The Morgan fingerprint density at radius 1 is 1.42 bits per heavy atom. The molecule has 0 fully saturated rings. The van der Waals surface area contributed by atoms with Gasteiger partial charge in [-0.15, -0.1) is 0 Å². The first-order valence-electron chi connectivity index (χ1n) is 6.98. The van der Waals surface area contributed by atoms with Gasteiger partial charge >= 0.3 is 0 Å². The summed E-state index contributed by atoms with van der Waals surface area (Å²) in [7, 11) is 1.88. The monoisotopic (exact) mass is 266 g/mol. The zero-order valence-corrected chi connectivity index (χ0v) is 12.5. The molecule has 1 heterocycles. The number of aliphatic imine (C=N–C) groups is 1. The Morgan fingerprint density at radius 2 is 2.21 bits per heavy atom. The fraction of sp³-hybridized carbons (Fsp3) is 0.769. The number of rotatable bonds is 7. The molecule has 19 heavy (non-hydrogen) atoms. The molecule has 0 aliphatic heterocycles. The average Bonchev–Trinajstić information content (AvgIpc) is 2.77. The lowest BCUT2D eigenvalue weighted by Crippen LogP contribution is -2.37. The molecule has 0 aliphatic carbocycles. The number of nitrogens with one attached hydrogen (secondary N) is 2. The molecular weight excluding hydrogens is 240 g/mol. The minimum absolute atomic E-state index is 0.538. The third-order valence-electron chi connectivity index (χ3n) is 2.78. The van der Waals surface area contributed by atoms with Crippen LogP contribution in [0.2, 0.25) is 0 Å². The van der Waals surface area contributed by atoms with Crippen molar-refractivity contribution in [3.63, 3.8) is 0 Å². The molecular formula is C13H26N6. The maximum atomic E-state index is 4.50. The molecule has 108 valence electrons. The van der Waals surface area contributed by atoms with Crippen LogP contribution in [0.3, 0.4) is 0 Å². The van der Waals surface area contributed by atoms with E-state index in [9.17, 15) is 0 Å². The molecule has 0 saturated carbocycles. The highest BCUT2D eigenvalue weighted by molar-refractivity contribution is 5.79. The maximum Gasteiger partial charge on any atom is 0.191 e. The van der Waals surface area contributed by atoms with Crippen molar-refractivity contribution in [2.24, 2.45) is 18.0 Å². The summed E-state index contributed by atoms with van der Waals surface area (Å²) in [5.41, 5.74) is 0. The van der Waals surface area contributed by atoms with Crippen molar-refractivity contribution in [2.75, 3.05) is 13.1 Å². The van der Waals surface area contributed by atoms with Crippen LogP contribution in [0.1, 0.15) is 39.4 Å². The van der Waals surface area contributed by atoms with Gasteiger partial charge in [0.05, 0.1) is 0 Å². The lowest BCUT2D eigenvalue weighted by Gasteiger charge is -2.11. The Bertz CT molecular complexity index is 382. The van der Waals surface area contributed by atoms with E-state index >= 15 is 0 Å². The zero-order valence-electron chi connectivity index (χ0n) is 12.5. The van der Waals surface area contributed by atoms with E-state index in [1.807, 2.05) is 7.05 Å². The normalized spacial score (nSPS) is 11.9. The molecule has 0 bridgehead atoms. The second kappa shape index (κ2) is 8.50. The van der Waals surface area contributed by atoms with Gasteiger partial charge in [0.1, 0.15) is 18.7 Å². The topological polar surface area (TPSA) is 67.1 Å². The van der Waals surface area contributed by atoms with Gasteiger partial charge in [-0.2, -0.15) is 5.10 Å². The van der Waals surface area contributed by atoms with Gasteiger partial charge in [-0.05, 0) is 25.7 Å². The molecule has 0 radical (unpaired) electrons. The molecule has 0 unspecified atom stereocenters. The standard InChI is InChI=1S/C13H26N6/c1-5-14-13(15-8-6-7-11(2)3)16-9-12-17-10-18-19(12)4/h10-11H,5-9H2,1-4H3,(H2,14,15,16). The summed E-state index contributed by atoms with van der Waals surface area (Å²) in [6, 6.07) is 0. The summed E-state index contributed by atoms with van der Waals surface area (Å²) in [5, 5.41) is 10.6. The van der Waals surface area contributed by atoms with Gasteiger partial charge in [0.25, 0.3) is 0 Å². The van der Waals surface area contributed by atoms with Crippen molar-refractivity contribution in [3.05, 3.63) is 12.2 Å². The van der Waals surface area contributed by atoms with Crippen molar-refractivity contribution in [3.8, 4) is 0 Å². The Morgan fingerprint density at radius 3 is 2.79 bits per heavy atom. The van der Waals surface area contributed by atoms with Gasteiger partial charge < -0.3 is 10.6 Å². The second-order valence-corrected chi connectivity index (χ2v) is 4.96. The van der Waals surface area contributed by atoms with E-state index in [-0.39, 0.29) is 0 Å². The van der Waals surface area contributed by atoms with Crippen LogP contribution >= 0.6 is 0 Å². The highest BCUT2D eigenvalue weighted by Crippen LogP contribution is 2.01. The van der Waals surface area contributed by atoms with E-state index in [2.05, 4.69) is 46.5 Å². The minimum Gasteiger partial charge on any atom is -0.357 e. The lowest BCUT2D eigenvalue weighted by molar-refractivity contribution is 0.549. The molecule has 0 aliphatic rings. The molecule has 0 spiro atoms. The van der Waals surface area contributed by atoms with Gasteiger partial charge in [0.2, 0.25) is 0 Å². The van der Waals surface area contributed by atoms with E-state index in [0.717, 1.165) is 37.2 Å². The SMILES string of the molecule is CCNC(=NCc1ncnn1C)NCCCC(C)C. The number of nitrogens with zero attached hydrogens (tertiary/aromatic N) is 4. The van der Waals surface area contributed by atoms with Gasteiger partial charge in [-0.25, -0.2) is 9.98 Å². The van der Waals surface area contributed by atoms with E-state index in [0.29, 0.717) is 6.54 Å². The Hall–Kier alpha value is -1.59. The molecule has 0 saturated heterocycles. The highest BCUT2D eigenvalue weighted by Gasteiger charge is 2.01. The summed E-state index contributed by atoms with van der Waals surface area (Å²) in [6.45, 7) is 8.89. The molecule has 2 N–H and O–H groups in total. The van der Waals surface area contributed by atoms with Crippen LogP contribution in [-0.2, 0) is 13.6 Å². The van der Waals surface area contributed by atoms with Crippen LogP contribution in [-0.4, -0.2) is 33.8 Å². The van der Waals surface area contributed by atoms with E-state index in [1.54, 1.807) is 11.0 Å². The van der Waals surface area contributed by atoms with Crippen molar-refractivity contribution < 1.29 is 0 Å². The smallest absolute Gasteiger partial charge is 0.191 e. The van der Waals surface area contributed by atoms with Crippen LogP contribution in [0.4, 0.5) is 0 Å². The number of guanidine groups is 1. The van der Waals surface area contributed by atoms with Crippen molar-refractivity contribution in [1.29, 1.82) is 0 Å². The first kappa shape index (κ1) is 15.5. The molecule has 1 aromatic heterocycles.